The second-order valence-electron chi connectivity index (χ2n) is 7.67. The molecule has 32 heavy (non-hydrogen) atoms. The van der Waals surface area contributed by atoms with Crippen molar-refractivity contribution in [3.05, 3.63) is 78.6 Å². The molecule has 0 saturated carbocycles. The van der Waals surface area contributed by atoms with Gasteiger partial charge in [-0.05, 0) is 40.6 Å². The molecule has 166 valence electrons. The summed E-state index contributed by atoms with van der Waals surface area (Å²) in [6.45, 7) is 3.32. The normalized spacial score (nSPS) is 15.9. The van der Waals surface area contributed by atoms with Crippen LogP contribution in [-0.4, -0.2) is 67.8 Å². The van der Waals surface area contributed by atoms with Gasteiger partial charge in [0, 0.05) is 57.7 Å². The monoisotopic (exact) mass is 450 g/mol. The Labute approximate surface area is 188 Å². The smallest absolute Gasteiger partial charge is 0.244 e. The quantitative estimate of drug-likeness (QED) is 0.559. The lowest BCUT2D eigenvalue weighted by Crippen LogP contribution is -2.50. The van der Waals surface area contributed by atoms with Crippen LogP contribution in [0.2, 0.25) is 0 Å². The molecule has 1 amide bonds. The number of nitrogens with one attached hydrogen (secondary N) is 1. The van der Waals surface area contributed by atoms with E-state index >= 15 is 0 Å². The molecule has 0 unspecified atom stereocenters. The van der Waals surface area contributed by atoms with E-state index in [9.17, 15) is 13.2 Å². The third kappa shape index (κ3) is 5.40. The molecule has 0 bridgehead atoms. The highest BCUT2D eigenvalue weighted by atomic mass is 32.2. The molecule has 2 aromatic carbocycles. The third-order valence-electron chi connectivity index (χ3n) is 5.53. The van der Waals surface area contributed by atoms with Crippen LogP contribution in [0.25, 0.3) is 16.8 Å². The van der Waals surface area contributed by atoms with Gasteiger partial charge in [0.05, 0.1) is 4.90 Å². The van der Waals surface area contributed by atoms with Gasteiger partial charge in [-0.25, -0.2) is 8.42 Å². The summed E-state index contributed by atoms with van der Waals surface area (Å²) in [5, 5.41) is 4.80. The van der Waals surface area contributed by atoms with E-state index in [1.165, 1.54) is 6.08 Å². The zero-order chi connectivity index (χ0) is 22.4. The molecule has 1 aliphatic heterocycles. The minimum atomic E-state index is -3.52. The van der Waals surface area contributed by atoms with Crippen LogP contribution in [0.1, 0.15) is 5.56 Å². The number of aromatic nitrogens is 1. The molecule has 1 fully saturated rings. The molecule has 8 heteroatoms. The van der Waals surface area contributed by atoms with Gasteiger partial charge in [-0.2, -0.15) is 4.31 Å². The van der Waals surface area contributed by atoms with E-state index in [1.807, 2.05) is 42.5 Å². The summed E-state index contributed by atoms with van der Waals surface area (Å²) in [4.78, 5) is 18.5. The standard InChI is InChI=1S/C24H26N4O3S/c29-24(10-7-20-4-3-11-25-19-20)26-12-13-27-14-16-28(17-15-27)32(30,31)23-9-8-21-5-1-2-6-22(21)18-23/h1-11,18-19H,12-17H2,(H,26,29)/b10-7-. The SMILES string of the molecule is O=C(/C=C\c1cccnc1)NCCN1CCN(S(=O)(=O)c2ccc3ccccc3c2)CC1. The number of benzene rings is 2. The van der Waals surface area contributed by atoms with Gasteiger partial charge >= 0.3 is 0 Å². The maximum absolute atomic E-state index is 13.1. The maximum atomic E-state index is 13.1. The first kappa shape index (κ1) is 22.1. The minimum absolute atomic E-state index is 0.161. The molecule has 7 nitrogen and oxygen atoms in total. The average molecular weight is 451 g/mol. The molecule has 0 aliphatic carbocycles. The Balaban J connectivity index is 1.25. The number of hydrogen-bond acceptors (Lipinski definition) is 5. The summed E-state index contributed by atoms with van der Waals surface area (Å²) >= 11 is 0. The minimum Gasteiger partial charge on any atom is -0.351 e. The predicted octanol–water partition coefficient (Wildman–Crippen LogP) is 2.37. The van der Waals surface area contributed by atoms with Crippen LogP contribution in [0.3, 0.4) is 0 Å². The van der Waals surface area contributed by atoms with E-state index in [2.05, 4.69) is 15.2 Å². The molecule has 2 heterocycles. The number of fused-ring (bicyclic) bond motifs is 1. The number of piperazine rings is 1. The third-order valence-corrected chi connectivity index (χ3v) is 7.42. The highest BCUT2D eigenvalue weighted by Crippen LogP contribution is 2.22. The first-order valence-corrected chi connectivity index (χ1v) is 12.0. The zero-order valence-corrected chi connectivity index (χ0v) is 18.5. The lowest BCUT2D eigenvalue weighted by Gasteiger charge is -2.34. The van der Waals surface area contributed by atoms with Crippen LogP contribution in [0, 0.1) is 0 Å². The van der Waals surface area contributed by atoms with Crippen LogP contribution in [0.5, 0.6) is 0 Å². The van der Waals surface area contributed by atoms with Gasteiger partial charge in [-0.1, -0.05) is 36.4 Å². The van der Waals surface area contributed by atoms with E-state index in [0.717, 1.165) is 16.3 Å². The molecular formula is C24H26N4O3S. The van der Waals surface area contributed by atoms with Crippen molar-refractivity contribution in [2.24, 2.45) is 0 Å². The second kappa shape index (κ2) is 10.0. The number of hydrogen-bond donors (Lipinski definition) is 1. The van der Waals surface area contributed by atoms with Crippen LogP contribution >= 0.6 is 0 Å². The Morgan fingerprint density at radius 1 is 1.00 bits per heavy atom. The Kier molecular flexibility index (Phi) is 6.94. The highest BCUT2D eigenvalue weighted by molar-refractivity contribution is 7.89. The summed E-state index contributed by atoms with van der Waals surface area (Å²) < 4.78 is 27.7. The van der Waals surface area contributed by atoms with Gasteiger partial charge in [0.25, 0.3) is 0 Å². The Morgan fingerprint density at radius 3 is 2.53 bits per heavy atom. The Hall–Kier alpha value is -3.07. The van der Waals surface area contributed by atoms with E-state index in [-0.39, 0.29) is 5.91 Å². The van der Waals surface area contributed by atoms with Gasteiger partial charge in [-0.3, -0.25) is 14.7 Å². The van der Waals surface area contributed by atoms with Crippen molar-refractivity contribution in [3.8, 4) is 0 Å². The summed E-state index contributed by atoms with van der Waals surface area (Å²) in [6, 6.07) is 16.7. The summed E-state index contributed by atoms with van der Waals surface area (Å²) in [7, 11) is -3.52. The van der Waals surface area contributed by atoms with Gasteiger partial charge in [0.1, 0.15) is 0 Å². The van der Waals surface area contributed by atoms with Crippen LogP contribution in [-0.2, 0) is 14.8 Å². The summed E-state index contributed by atoms with van der Waals surface area (Å²) in [5.41, 5.74) is 0.867. The molecule has 1 aromatic heterocycles. The van der Waals surface area contributed by atoms with E-state index in [1.54, 1.807) is 34.9 Å². The Morgan fingerprint density at radius 2 is 1.78 bits per heavy atom. The molecule has 4 rings (SSSR count). The van der Waals surface area contributed by atoms with Crippen LogP contribution in [0.4, 0.5) is 0 Å². The number of pyridine rings is 1. The molecule has 1 aliphatic rings. The molecule has 1 saturated heterocycles. The van der Waals surface area contributed by atoms with Gasteiger partial charge < -0.3 is 5.32 Å². The van der Waals surface area contributed by atoms with Crippen molar-refractivity contribution in [1.29, 1.82) is 0 Å². The zero-order valence-electron chi connectivity index (χ0n) is 17.7. The molecular weight excluding hydrogens is 424 g/mol. The molecule has 0 spiro atoms. The Bertz CT molecular complexity index is 1200. The van der Waals surface area contributed by atoms with Crippen molar-refractivity contribution < 1.29 is 13.2 Å². The summed E-state index contributed by atoms with van der Waals surface area (Å²) in [5.74, 6) is -0.161. The molecule has 0 atom stereocenters. The molecule has 3 aromatic rings. The molecule has 0 radical (unpaired) electrons. The van der Waals surface area contributed by atoms with Crippen molar-refractivity contribution >= 4 is 32.8 Å². The number of carbonyl (C=O) groups is 1. The number of sulfonamides is 1. The van der Waals surface area contributed by atoms with Gasteiger partial charge in [0.15, 0.2) is 0 Å². The van der Waals surface area contributed by atoms with Crippen molar-refractivity contribution in [2.45, 2.75) is 4.90 Å². The van der Waals surface area contributed by atoms with Gasteiger partial charge in [-0.15, -0.1) is 0 Å². The number of carbonyl (C=O) groups excluding carboxylic acids is 1. The van der Waals surface area contributed by atoms with Crippen LogP contribution in [0.15, 0.2) is 78.0 Å². The highest BCUT2D eigenvalue weighted by Gasteiger charge is 2.28. The molecule has 1 N–H and O–H groups in total. The van der Waals surface area contributed by atoms with Crippen molar-refractivity contribution in [3.63, 3.8) is 0 Å². The number of amides is 1. The largest absolute Gasteiger partial charge is 0.351 e. The fourth-order valence-corrected chi connectivity index (χ4v) is 5.17. The van der Waals surface area contributed by atoms with E-state index < -0.39 is 10.0 Å². The summed E-state index contributed by atoms with van der Waals surface area (Å²) in [6.07, 6.45) is 6.59. The number of rotatable bonds is 7. The van der Waals surface area contributed by atoms with Crippen molar-refractivity contribution in [1.82, 2.24) is 19.5 Å². The van der Waals surface area contributed by atoms with Crippen molar-refractivity contribution in [2.75, 3.05) is 39.3 Å². The van der Waals surface area contributed by atoms with E-state index in [0.29, 0.717) is 44.2 Å². The maximum Gasteiger partial charge on any atom is 0.244 e. The van der Waals surface area contributed by atoms with E-state index in [4.69, 9.17) is 0 Å². The van der Waals surface area contributed by atoms with Gasteiger partial charge in [0.2, 0.25) is 15.9 Å². The first-order chi connectivity index (χ1) is 15.5. The fraction of sp³-hybridized carbons (Fsp3) is 0.250. The average Bonchev–Trinajstić information content (AvgIpc) is 2.83. The number of nitrogens with zero attached hydrogens (tertiary/aromatic N) is 3. The van der Waals surface area contributed by atoms with Crippen LogP contribution < -0.4 is 5.32 Å². The first-order valence-electron chi connectivity index (χ1n) is 10.6. The lowest BCUT2D eigenvalue weighted by molar-refractivity contribution is -0.116. The second-order valence-corrected chi connectivity index (χ2v) is 9.60. The predicted molar refractivity (Wildman–Crippen MR) is 125 cm³/mol. The fourth-order valence-electron chi connectivity index (χ4n) is 3.71. The lowest BCUT2D eigenvalue weighted by atomic mass is 10.1. The topological polar surface area (TPSA) is 82.6 Å².